The average molecular weight is 597 g/mol. The zero-order chi connectivity index (χ0) is 30.9. The summed E-state index contributed by atoms with van der Waals surface area (Å²) in [5.74, 6) is -1.95. The summed E-state index contributed by atoms with van der Waals surface area (Å²) in [7, 11) is 0. The van der Waals surface area contributed by atoms with Gasteiger partial charge in [-0.25, -0.2) is 4.79 Å². The van der Waals surface area contributed by atoms with Crippen LogP contribution in [0.1, 0.15) is 73.6 Å². The Morgan fingerprint density at radius 3 is 2.40 bits per heavy atom. The monoisotopic (exact) mass is 596 g/mol. The van der Waals surface area contributed by atoms with Gasteiger partial charge in [0.1, 0.15) is 11.6 Å². The van der Waals surface area contributed by atoms with Gasteiger partial charge in [0, 0.05) is 57.8 Å². The number of nitrogens with zero attached hydrogens (tertiary/aromatic N) is 4. The molecule has 13 nitrogen and oxygen atoms in total. The smallest absolute Gasteiger partial charge is 0.407 e. The van der Waals surface area contributed by atoms with Crippen LogP contribution in [0, 0.1) is 0 Å². The summed E-state index contributed by atoms with van der Waals surface area (Å²) in [6.07, 6.45) is 1.65. The lowest BCUT2D eigenvalue weighted by atomic mass is 10.0. The van der Waals surface area contributed by atoms with Gasteiger partial charge in [0.15, 0.2) is 0 Å². The van der Waals surface area contributed by atoms with Crippen molar-refractivity contribution in [3.63, 3.8) is 0 Å². The van der Waals surface area contributed by atoms with Crippen molar-refractivity contribution in [3.05, 3.63) is 29.3 Å². The number of rotatable bonds is 7. The molecule has 3 fully saturated rings. The summed E-state index contributed by atoms with van der Waals surface area (Å²) in [4.78, 5) is 82.0. The Kier molecular flexibility index (Phi) is 8.72. The molecule has 4 heterocycles. The van der Waals surface area contributed by atoms with E-state index < -0.39 is 41.4 Å². The van der Waals surface area contributed by atoms with Crippen LogP contribution in [0.3, 0.4) is 0 Å². The minimum absolute atomic E-state index is 0.0829. The second-order valence-corrected chi connectivity index (χ2v) is 12.6. The van der Waals surface area contributed by atoms with Crippen molar-refractivity contribution in [3.8, 4) is 0 Å². The molecule has 4 aliphatic heterocycles. The van der Waals surface area contributed by atoms with Crippen LogP contribution in [0.15, 0.2) is 18.2 Å². The lowest BCUT2D eigenvalue weighted by Crippen LogP contribution is -2.54. The van der Waals surface area contributed by atoms with E-state index in [0.717, 1.165) is 49.7 Å². The highest BCUT2D eigenvalue weighted by Crippen LogP contribution is 2.31. The van der Waals surface area contributed by atoms with E-state index in [1.807, 2.05) is 26.8 Å². The van der Waals surface area contributed by atoms with Gasteiger partial charge < -0.3 is 19.9 Å². The largest absolute Gasteiger partial charge is 0.444 e. The number of amides is 6. The van der Waals surface area contributed by atoms with E-state index in [4.69, 9.17) is 4.74 Å². The minimum Gasteiger partial charge on any atom is -0.444 e. The highest BCUT2D eigenvalue weighted by molar-refractivity contribution is 6.23. The molecule has 4 aliphatic rings. The van der Waals surface area contributed by atoms with Crippen LogP contribution in [0.5, 0.6) is 0 Å². The third-order valence-corrected chi connectivity index (χ3v) is 8.29. The van der Waals surface area contributed by atoms with Crippen LogP contribution in [0.25, 0.3) is 0 Å². The summed E-state index contributed by atoms with van der Waals surface area (Å²) in [6.45, 7) is 10.4. The van der Waals surface area contributed by atoms with E-state index in [2.05, 4.69) is 20.4 Å². The Labute approximate surface area is 250 Å². The van der Waals surface area contributed by atoms with E-state index >= 15 is 0 Å². The minimum atomic E-state index is -0.982. The number of imide groups is 2. The van der Waals surface area contributed by atoms with Crippen molar-refractivity contribution in [2.45, 2.75) is 70.6 Å². The standard InChI is InChI=1S/C30H40N6O7/c1-30(2,3)43-29(42)31-19-10-12-35(18-19)25(38)5-4-11-33-13-15-34(16-14-33)20-6-7-21-22(17-20)28(41)36(27(21)40)23-8-9-24(37)32-26(23)39/h6-7,17,19,23H,4-5,8-16,18H2,1-3H3,(H,31,42)(H,32,37,39)/t19-,23?/m1/s1. The lowest BCUT2D eigenvalue weighted by Gasteiger charge is -2.36. The first kappa shape index (κ1) is 30.5. The molecule has 1 aromatic carbocycles. The molecule has 2 atom stereocenters. The summed E-state index contributed by atoms with van der Waals surface area (Å²) in [5, 5.41) is 5.07. The van der Waals surface area contributed by atoms with Crippen molar-refractivity contribution < 1.29 is 33.5 Å². The number of likely N-dealkylation sites (tertiary alicyclic amines) is 1. The molecule has 0 spiro atoms. The van der Waals surface area contributed by atoms with Crippen molar-refractivity contribution in [2.75, 3.05) is 50.7 Å². The van der Waals surface area contributed by atoms with Gasteiger partial charge in [-0.15, -0.1) is 0 Å². The summed E-state index contributed by atoms with van der Waals surface area (Å²) < 4.78 is 5.31. The molecular formula is C30H40N6O7. The van der Waals surface area contributed by atoms with E-state index in [9.17, 15) is 28.8 Å². The molecule has 1 aromatic rings. The number of carbonyl (C=O) groups excluding carboxylic acids is 6. The fourth-order valence-corrected chi connectivity index (χ4v) is 6.08. The van der Waals surface area contributed by atoms with Crippen LogP contribution >= 0.6 is 0 Å². The maximum atomic E-state index is 13.2. The molecule has 1 unspecified atom stereocenters. The molecule has 0 aliphatic carbocycles. The Morgan fingerprint density at radius 2 is 1.70 bits per heavy atom. The van der Waals surface area contributed by atoms with Crippen molar-refractivity contribution in [1.29, 1.82) is 0 Å². The third kappa shape index (κ3) is 6.98. The number of piperazine rings is 1. The maximum Gasteiger partial charge on any atom is 0.407 e. The number of alkyl carbamates (subject to hydrolysis) is 1. The number of anilines is 1. The van der Waals surface area contributed by atoms with E-state index in [1.165, 1.54) is 0 Å². The zero-order valence-corrected chi connectivity index (χ0v) is 25.0. The van der Waals surface area contributed by atoms with Crippen molar-refractivity contribution in [2.24, 2.45) is 0 Å². The van der Waals surface area contributed by atoms with Gasteiger partial charge >= 0.3 is 6.09 Å². The summed E-state index contributed by atoms with van der Waals surface area (Å²) in [6, 6.07) is 4.11. The summed E-state index contributed by atoms with van der Waals surface area (Å²) >= 11 is 0. The quantitative estimate of drug-likeness (QED) is 0.442. The highest BCUT2D eigenvalue weighted by atomic mass is 16.6. The number of ether oxygens (including phenoxy) is 1. The topological polar surface area (TPSA) is 149 Å². The van der Waals surface area contributed by atoms with Crippen molar-refractivity contribution >= 4 is 41.3 Å². The van der Waals surface area contributed by atoms with Gasteiger partial charge in [-0.1, -0.05) is 0 Å². The number of piperidine rings is 1. The molecule has 3 saturated heterocycles. The Bertz CT molecular complexity index is 1320. The number of fused-ring (bicyclic) bond motifs is 1. The first-order valence-corrected chi connectivity index (χ1v) is 15.0. The Hall–Kier alpha value is -4.00. The van der Waals surface area contributed by atoms with Gasteiger partial charge in [-0.3, -0.25) is 39.1 Å². The van der Waals surface area contributed by atoms with Crippen molar-refractivity contribution in [1.82, 2.24) is 25.3 Å². The fourth-order valence-electron chi connectivity index (χ4n) is 6.08. The number of hydrogen-bond donors (Lipinski definition) is 2. The molecule has 232 valence electrons. The van der Waals surface area contributed by atoms with Gasteiger partial charge in [0.05, 0.1) is 17.2 Å². The van der Waals surface area contributed by atoms with Crippen LogP contribution in [0.2, 0.25) is 0 Å². The first-order valence-electron chi connectivity index (χ1n) is 15.0. The van der Waals surface area contributed by atoms with Crippen LogP contribution in [0.4, 0.5) is 10.5 Å². The van der Waals surface area contributed by atoms with Crippen LogP contribution in [-0.4, -0.2) is 114 Å². The van der Waals surface area contributed by atoms with Crippen LogP contribution < -0.4 is 15.5 Å². The second-order valence-electron chi connectivity index (χ2n) is 12.6. The zero-order valence-electron chi connectivity index (χ0n) is 25.0. The molecule has 5 rings (SSSR count). The summed E-state index contributed by atoms with van der Waals surface area (Å²) in [5.41, 5.74) is 0.819. The van der Waals surface area contributed by atoms with Crippen LogP contribution in [-0.2, 0) is 19.1 Å². The number of benzene rings is 1. The van der Waals surface area contributed by atoms with E-state index in [-0.39, 0.29) is 35.9 Å². The average Bonchev–Trinajstić information content (AvgIpc) is 3.50. The molecule has 0 radical (unpaired) electrons. The van der Waals surface area contributed by atoms with Gasteiger partial charge in [-0.2, -0.15) is 0 Å². The number of nitrogens with one attached hydrogen (secondary N) is 2. The number of hydrogen-bond acceptors (Lipinski definition) is 9. The molecular weight excluding hydrogens is 556 g/mol. The molecule has 0 saturated carbocycles. The molecule has 0 aromatic heterocycles. The molecule has 2 N–H and O–H groups in total. The lowest BCUT2D eigenvalue weighted by molar-refractivity contribution is -0.136. The second kappa shape index (κ2) is 12.3. The van der Waals surface area contributed by atoms with Gasteiger partial charge in [0.25, 0.3) is 11.8 Å². The molecule has 13 heteroatoms. The normalized spacial score (nSPS) is 23.0. The predicted octanol–water partition coefficient (Wildman–Crippen LogP) is 1.12. The number of carbonyl (C=O) groups is 6. The SMILES string of the molecule is CC(C)(C)OC(=O)N[C@@H]1CCN(C(=O)CCCN2CCN(c3ccc4c(c3)C(=O)N(C3CCC(=O)NC3=O)C4=O)CC2)C1. The van der Waals surface area contributed by atoms with E-state index in [1.54, 1.807) is 17.0 Å². The highest BCUT2D eigenvalue weighted by Gasteiger charge is 2.44. The van der Waals surface area contributed by atoms with Gasteiger partial charge in [-0.05, 0) is 64.8 Å². The third-order valence-electron chi connectivity index (χ3n) is 8.29. The fraction of sp³-hybridized carbons (Fsp3) is 0.600. The molecule has 6 amide bonds. The molecule has 0 bridgehead atoms. The van der Waals surface area contributed by atoms with E-state index in [0.29, 0.717) is 25.9 Å². The maximum absolute atomic E-state index is 13.2. The Morgan fingerprint density at radius 1 is 0.977 bits per heavy atom. The Balaban J connectivity index is 1.05. The van der Waals surface area contributed by atoms with Gasteiger partial charge in [0.2, 0.25) is 17.7 Å². The molecule has 43 heavy (non-hydrogen) atoms. The first-order chi connectivity index (χ1) is 20.4. The predicted molar refractivity (Wildman–Crippen MR) is 155 cm³/mol.